The third-order valence-corrected chi connectivity index (χ3v) is 3.01. The Hall–Kier alpha value is -0.570. The molecular formula is C10H12BrFO. The molecule has 0 aromatic heterocycles. The molecule has 0 saturated heterocycles. The topological polar surface area (TPSA) is 9.23 Å². The van der Waals surface area contributed by atoms with Crippen molar-refractivity contribution in [3.05, 3.63) is 27.7 Å². The molecule has 0 fully saturated rings. The second-order valence-electron chi connectivity index (χ2n) is 2.91. The van der Waals surface area contributed by atoms with Gasteiger partial charge < -0.3 is 4.74 Å². The van der Waals surface area contributed by atoms with Gasteiger partial charge in [-0.2, -0.15) is 0 Å². The molecule has 0 aliphatic carbocycles. The van der Waals surface area contributed by atoms with Crippen LogP contribution in [0.4, 0.5) is 4.39 Å². The molecule has 0 saturated carbocycles. The van der Waals surface area contributed by atoms with Crippen molar-refractivity contribution in [1.82, 2.24) is 0 Å². The Bertz CT molecular complexity index is 276. The highest BCUT2D eigenvalue weighted by Crippen LogP contribution is 2.26. The summed E-state index contributed by atoms with van der Waals surface area (Å²) in [5.41, 5.74) is 2.21. The highest BCUT2D eigenvalue weighted by molar-refractivity contribution is 9.10. The Balaban J connectivity index is 2.86. The summed E-state index contributed by atoms with van der Waals surface area (Å²) >= 11 is 3.45. The van der Waals surface area contributed by atoms with Crippen molar-refractivity contribution in [1.29, 1.82) is 0 Å². The molecule has 0 spiro atoms. The zero-order valence-electron chi connectivity index (χ0n) is 7.73. The standard InChI is InChI=1S/C10H12BrFO/c1-7-5-9(13-4-3-12)6-8(2)10(7)11/h5-6H,3-4H2,1-2H3. The van der Waals surface area contributed by atoms with Crippen molar-refractivity contribution >= 4 is 15.9 Å². The smallest absolute Gasteiger partial charge is 0.123 e. The van der Waals surface area contributed by atoms with E-state index in [-0.39, 0.29) is 6.61 Å². The van der Waals surface area contributed by atoms with Gasteiger partial charge in [0.25, 0.3) is 0 Å². The van der Waals surface area contributed by atoms with E-state index in [0.717, 1.165) is 21.3 Å². The summed E-state index contributed by atoms with van der Waals surface area (Å²) in [5.74, 6) is 0.732. The number of benzene rings is 1. The molecule has 0 heterocycles. The van der Waals surface area contributed by atoms with Crippen LogP contribution in [0.3, 0.4) is 0 Å². The van der Waals surface area contributed by atoms with Crippen molar-refractivity contribution < 1.29 is 9.13 Å². The third kappa shape index (κ3) is 2.69. The fourth-order valence-corrected chi connectivity index (χ4v) is 1.37. The van der Waals surface area contributed by atoms with Gasteiger partial charge in [0.05, 0.1) is 0 Å². The van der Waals surface area contributed by atoms with Crippen LogP contribution in [0.5, 0.6) is 5.75 Å². The fourth-order valence-electron chi connectivity index (χ4n) is 1.15. The lowest BCUT2D eigenvalue weighted by atomic mass is 10.1. The van der Waals surface area contributed by atoms with Crippen LogP contribution in [-0.4, -0.2) is 13.3 Å². The number of halogens is 2. The summed E-state index contributed by atoms with van der Waals surface area (Å²) in [4.78, 5) is 0. The van der Waals surface area contributed by atoms with Crippen LogP contribution in [-0.2, 0) is 0 Å². The lowest BCUT2D eigenvalue weighted by Gasteiger charge is -2.08. The first-order valence-corrected chi connectivity index (χ1v) is 4.90. The molecule has 1 nitrogen and oxygen atoms in total. The number of hydrogen-bond donors (Lipinski definition) is 0. The summed E-state index contributed by atoms with van der Waals surface area (Å²) in [5, 5.41) is 0. The minimum Gasteiger partial charge on any atom is -0.491 e. The number of hydrogen-bond acceptors (Lipinski definition) is 1. The second kappa shape index (κ2) is 4.61. The highest BCUT2D eigenvalue weighted by Gasteiger charge is 2.02. The minimum atomic E-state index is -0.450. The number of ether oxygens (including phenoxy) is 1. The Morgan fingerprint density at radius 2 is 1.85 bits per heavy atom. The molecule has 0 atom stereocenters. The van der Waals surface area contributed by atoms with E-state index in [1.165, 1.54) is 0 Å². The molecule has 0 unspecified atom stereocenters. The average molecular weight is 247 g/mol. The normalized spacial score (nSPS) is 10.2. The molecule has 13 heavy (non-hydrogen) atoms. The summed E-state index contributed by atoms with van der Waals surface area (Å²) in [6, 6.07) is 3.79. The molecule has 0 amide bonds. The molecule has 0 radical (unpaired) electrons. The van der Waals surface area contributed by atoms with Crippen molar-refractivity contribution in [2.75, 3.05) is 13.3 Å². The molecule has 72 valence electrons. The summed E-state index contributed by atoms with van der Waals surface area (Å²) in [7, 11) is 0. The Morgan fingerprint density at radius 1 is 1.31 bits per heavy atom. The summed E-state index contributed by atoms with van der Waals surface area (Å²) < 4.78 is 18.1. The molecule has 3 heteroatoms. The van der Waals surface area contributed by atoms with Crippen LogP contribution < -0.4 is 4.74 Å². The van der Waals surface area contributed by atoms with E-state index in [4.69, 9.17) is 4.74 Å². The SMILES string of the molecule is Cc1cc(OCCF)cc(C)c1Br. The van der Waals surface area contributed by atoms with Gasteiger partial charge in [0.15, 0.2) is 0 Å². The molecule has 0 aliphatic heterocycles. The first kappa shape index (κ1) is 10.5. The fraction of sp³-hybridized carbons (Fsp3) is 0.400. The maximum atomic E-state index is 11.8. The zero-order valence-corrected chi connectivity index (χ0v) is 9.32. The molecule has 0 bridgehead atoms. The van der Waals surface area contributed by atoms with Gasteiger partial charge in [-0.3, -0.25) is 0 Å². The van der Waals surface area contributed by atoms with Gasteiger partial charge in [0.1, 0.15) is 19.0 Å². The lowest BCUT2D eigenvalue weighted by Crippen LogP contribution is -1.99. The van der Waals surface area contributed by atoms with E-state index in [1.54, 1.807) is 0 Å². The van der Waals surface area contributed by atoms with E-state index < -0.39 is 6.67 Å². The monoisotopic (exact) mass is 246 g/mol. The Kier molecular flexibility index (Phi) is 3.72. The van der Waals surface area contributed by atoms with Gasteiger partial charge in [0.2, 0.25) is 0 Å². The zero-order chi connectivity index (χ0) is 9.84. The van der Waals surface area contributed by atoms with Crippen molar-refractivity contribution in [2.24, 2.45) is 0 Å². The molecule has 1 rings (SSSR count). The van der Waals surface area contributed by atoms with Crippen LogP contribution in [0.1, 0.15) is 11.1 Å². The van der Waals surface area contributed by atoms with Crippen LogP contribution in [0.2, 0.25) is 0 Å². The van der Waals surface area contributed by atoms with Gasteiger partial charge in [-0.1, -0.05) is 15.9 Å². The number of aryl methyl sites for hydroxylation is 2. The van der Waals surface area contributed by atoms with Gasteiger partial charge in [-0.05, 0) is 37.1 Å². The highest BCUT2D eigenvalue weighted by atomic mass is 79.9. The Morgan fingerprint density at radius 3 is 2.31 bits per heavy atom. The summed E-state index contributed by atoms with van der Waals surface area (Å²) in [6.45, 7) is 3.65. The molecule has 0 aliphatic rings. The third-order valence-electron chi connectivity index (χ3n) is 1.76. The van der Waals surface area contributed by atoms with Crippen LogP contribution in [0.15, 0.2) is 16.6 Å². The second-order valence-corrected chi connectivity index (χ2v) is 3.70. The predicted molar refractivity (Wildman–Crippen MR) is 55.1 cm³/mol. The van der Waals surface area contributed by atoms with Crippen LogP contribution >= 0.6 is 15.9 Å². The first-order valence-electron chi connectivity index (χ1n) is 4.10. The van der Waals surface area contributed by atoms with Gasteiger partial charge in [-0.25, -0.2) is 4.39 Å². The van der Waals surface area contributed by atoms with Crippen molar-refractivity contribution in [3.8, 4) is 5.75 Å². The van der Waals surface area contributed by atoms with Crippen LogP contribution in [0.25, 0.3) is 0 Å². The van der Waals surface area contributed by atoms with Gasteiger partial charge >= 0.3 is 0 Å². The lowest BCUT2D eigenvalue weighted by molar-refractivity contribution is 0.273. The largest absolute Gasteiger partial charge is 0.491 e. The first-order chi connectivity index (χ1) is 6.15. The van der Waals surface area contributed by atoms with Crippen molar-refractivity contribution in [2.45, 2.75) is 13.8 Å². The van der Waals surface area contributed by atoms with E-state index >= 15 is 0 Å². The maximum absolute atomic E-state index is 11.8. The van der Waals surface area contributed by atoms with E-state index in [0.29, 0.717) is 0 Å². The molecule has 1 aromatic rings. The minimum absolute atomic E-state index is 0.126. The van der Waals surface area contributed by atoms with E-state index in [2.05, 4.69) is 15.9 Å². The van der Waals surface area contributed by atoms with Gasteiger partial charge in [0, 0.05) is 4.47 Å². The summed E-state index contributed by atoms with van der Waals surface area (Å²) in [6.07, 6.45) is 0. The van der Waals surface area contributed by atoms with Crippen LogP contribution in [0, 0.1) is 13.8 Å². The quantitative estimate of drug-likeness (QED) is 0.795. The van der Waals surface area contributed by atoms with E-state index in [1.807, 2.05) is 26.0 Å². The number of alkyl halides is 1. The predicted octanol–water partition coefficient (Wildman–Crippen LogP) is 3.41. The maximum Gasteiger partial charge on any atom is 0.123 e. The average Bonchev–Trinajstić information content (AvgIpc) is 2.10. The molecule has 1 aromatic carbocycles. The van der Waals surface area contributed by atoms with E-state index in [9.17, 15) is 4.39 Å². The van der Waals surface area contributed by atoms with Gasteiger partial charge in [-0.15, -0.1) is 0 Å². The molecule has 0 N–H and O–H groups in total. The number of rotatable bonds is 3. The Labute approximate surface area is 86.0 Å². The molecular weight excluding hydrogens is 235 g/mol. The van der Waals surface area contributed by atoms with Crippen molar-refractivity contribution in [3.63, 3.8) is 0 Å².